The SMILES string of the molecule is NC(=NO)c1c(F)cccc1N(CCO)C1CCCCC1. The molecule has 1 aliphatic carbocycles. The van der Waals surface area contributed by atoms with E-state index in [2.05, 4.69) is 5.16 Å². The maximum absolute atomic E-state index is 14.1. The first kappa shape index (κ1) is 15.6. The standard InChI is InChI=1S/C15H22FN3O2/c16-12-7-4-8-13(14(12)15(17)18-21)19(9-10-20)11-5-2-1-3-6-11/h4,7-8,11,20-21H,1-3,5-6,9-10H2,(H2,17,18). The molecule has 0 aromatic heterocycles. The van der Waals surface area contributed by atoms with Gasteiger partial charge in [0.15, 0.2) is 5.84 Å². The van der Waals surface area contributed by atoms with Crippen molar-refractivity contribution in [3.63, 3.8) is 0 Å². The highest BCUT2D eigenvalue weighted by Crippen LogP contribution is 2.30. The molecule has 0 saturated heterocycles. The molecule has 0 spiro atoms. The lowest BCUT2D eigenvalue weighted by atomic mass is 9.93. The summed E-state index contributed by atoms with van der Waals surface area (Å²) in [5.74, 6) is -0.775. The first-order chi connectivity index (χ1) is 10.2. The Balaban J connectivity index is 2.42. The van der Waals surface area contributed by atoms with Gasteiger partial charge < -0.3 is 20.9 Å². The van der Waals surface area contributed by atoms with Crippen LogP contribution in [-0.2, 0) is 0 Å². The number of rotatable bonds is 5. The van der Waals surface area contributed by atoms with Crippen molar-refractivity contribution in [3.8, 4) is 0 Å². The van der Waals surface area contributed by atoms with Crippen LogP contribution < -0.4 is 10.6 Å². The molecule has 116 valence electrons. The third-order valence-corrected chi connectivity index (χ3v) is 4.02. The minimum atomic E-state index is -0.526. The van der Waals surface area contributed by atoms with Crippen LogP contribution in [0.15, 0.2) is 23.4 Å². The molecule has 6 heteroatoms. The highest BCUT2D eigenvalue weighted by atomic mass is 19.1. The fourth-order valence-corrected chi connectivity index (χ4v) is 3.06. The highest BCUT2D eigenvalue weighted by molar-refractivity contribution is 6.02. The molecule has 1 fully saturated rings. The zero-order valence-corrected chi connectivity index (χ0v) is 12.0. The molecular weight excluding hydrogens is 273 g/mol. The van der Waals surface area contributed by atoms with Gasteiger partial charge in [0, 0.05) is 12.6 Å². The summed E-state index contributed by atoms with van der Waals surface area (Å²) in [5, 5.41) is 21.2. The molecular formula is C15H22FN3O2. The predicted octanol–water partition coefficient (Wildman–Crippen LogP) is 2.05. The van der Waals surface area contributed by atoms with E-state index in [0.29, 0.717) is 12.2 Å². The Morgan fingerprint density at radius 2 is 2.05 bits per heavy atom. The van der Waals surface area contributed by atoms with E-state index in [1.165, 1.54) is 12.5 Å². The van der Waals surface area contributed by atoms with Crippen molar-refractivity contribution in [2.24, 2.45) is 10.9 Å². The van der Waals surface area contributed by atoms with Gasteiger partial charge in [0.1, 0.15) is 5.82 Å². The molecule has 5 nitrogen and oxygen atoms in total. The molecule has 0 atom stereocenters. The number of anilines is 1. The zero-order valence-electron chi connectivity index (χ0n) is 12.0. The maximum atomic E-state index is 14.1. The summed E-state index contributed by atoms with van der Waals surface area (Å²) in [5.41, 5.74) is 6.30. The Labute approximate surface area is 123 Å². The Kier molecular flexibility index (Phi) is 5.38. The van der Waals surface area contributed by atoms with Crippen molar-refractivity contribution in [2.45, 2.75) is 38.1 Å². The molecule has 0 aliphatic heterocycles. The smallest absolute Gasteiger partial charge is 0.175 e. The van der Waals surface area contributed by atoms with Crippen molar-refractivity contribution in [3.05, 3.63) is 29.6 Å². The average molecular weight is 295 g/mol. The van der Waals surface area contributed by atoms with Gasteiger partial charge in [-0.15, -0.1) is 0 Å². The number of aliphatic hydroxyl groups excluding tert-OH is 1. The van der Waals surface area contributed by atoms with Crippen LogP contribution in [0.3, 0.4) is 0 Å². The van der Waals surface area contributed by atoms with Crippen molar-refractivity contribution >= 4 is 11.5 Å². The van der Waals surface area contributed by atoms with Crippen molar-refractivity contribution in [1.29, 1.82) is 0 Å². The highest BCUT2D eigenvalue weighted by Gasteiger charge is 2.25. The summed E-state index contributed by atoms with van der Waals surface area (Å²) in [7, 11) is 0. The lowest BCUT2D eigenvalue weighted by Gasteiger charge is -2.36. The molecule has 21 heavy (non-hydrogen) atoms. The van der Waals surface area contributed by atoms with Gasteiger partial charge in [0.2, 0.25) is 0 Å². The van der Waals surface area contributed by atoms with Crippen LogP contribution in [0.5, 0.6) is 0 Å². The Bertz CT molecular complexity index is 502. The molecule has 1 aromatic rings. The van der Waals surface area contributed by atoms with Gasteiger partial charge in [-0.3, -0.25) is 0 Å². The summed E-state index contributed by atoms with van der Waals surface area (Å²) >= 11 is 0. The number of hydrogen-bond acceptors (Lipinski definition) is 4. The molecule has 0 heterocycles. The average Bonchev–Trinajstić information content (AvgIpc) is 2.52. The fraction of sp³-hybridized carbons (Fsp3) is 0.533. The number of hydrogen-bond donors (Lipinski definition) is 3. The van der Waals surface area contributed by atoms with Crippen LogP contribution >= 0.6 is 0 Å². The second-order valence-electron chi connectivity index (χ2n) is 5.33. The van der Waals surface area contributed by atoms with Crippen molar-refractivity contribution < 1.29 is 14.7 Å². The van der Waals surface area contributed by atoms with E-state index < -0.39 is 5.82 Å². The van der Waals surface area contributed by atoms with E-state index in [1.54, 1.807) is 12.1 Å². The van der Waals surface area contributed by atoms with Gasteiger partial charge >= 0.3 is 0 Å². The van der Waals surface area contributed by atoms with E-state index in [9.17, 15) is 9.50 Å². The van der Waals surface area contributed by atoms with Gasteiger partial charge in [-0.05, 0) is 25.0 Å². The maximum Gasteiger partial charge on any atom is 0.175 e. The van der Waals surface area contributed by atoms with Gasteiger partial charge in [0.05, 0.1) is 17.9 Å². The number of nitrogens with two attached hydrogens (primary N) is 1. The van der Waals surface area contributed by atoms with Gasteiger partial charge in [-0.1, -0.05) is 30.5 Å². The van der Waals surface area contributed by atoms with E-state index in [4.69, 9.17) is 10.9 Å². The molecule has 4 N–H and O–H groups in total. The first-order valence-corrected chi connectivity index (χ1v) is 7.33. The number of halogens is 1. The Morgan fingerprint density at radius 1 is 1.33 bits per heavy atom. The van der Waals surface area contributed by atoms with Crippen molar-refractivity contribution in [1.82, 2.24) is 0 Å². The van der Waals surface area contributed by atoms with E-state index >= 15 is 0 Å². The normalized spacial score (nSPS) is 17.0. The summed E-state index contributed by atoms with van der Waals surface area (Å²) in [6, 6.07) is 4.89. The van der Waals surface area contributed by atoms with Crippen LogP contribution in [0.4, 0.5) is 10.1 Å². The lowest BCUT2D eigenvalue weighted by molar-refractivity contribution is 0.290. The quantitative estimate of drug-likeness (QED) is 0.336. The molecule has 0 radical (unpaired) electrons. The molecule has 0 amide bonds. The summed E-state index contributed by atoms with van der Waals surface area (Å²) in [6.07, 6.45) is 5.47. The largest absolute Gasteiger partial charge is 0.409 e. The second kappa shape index (κ2) is 7.26. The van der Waals surface area contributed by atoms with Gasteiger partial charge in [-0.25, -0.2) is 4.39 Å². The molecule has 0 unspecified atom stereocenters. The summed E-state index contributed by atoms with van der Waals surface area (Å²) < 4.78 is 14.1. The fourth-order valence-electron chi connectivity index (χ4n) is 3.06. The number of nitrogens with zero attached hydrogens (tertiary/aromatic N) is 2. The van der Waals surface area contributed by atoms with E-state index in [1.807, 2.05) is 4.90 Å². The lowest BCUT2D eigenvalue weighted by Crippen LogP contribution is -2.40. The van der Waals surface area contributed by atoms with Gasteiger partial charge in [-0.2, -0.15) is 0 Å². The Hall–Kier alpha value is -1.82. The minimum Gasteiger partial charge on any atom is -0.409 e. The molecule has 2 rings (SSSR count). The third-order valence-electron chi connectivity index (χ3n) is 4.02. The predicted molar refractivity (Wildman–Crippen MR) is 80.2 cm³/mol. The number of benzene rings is 1. The monoisotopic (exact) mass is 295 g/mol. The Morgan fingerprint density at radius 3 is 2.67 bits per heavy atom. The molecule has 1 saturated carbocycles. The molecule has 1 aliphatic rings. The summed E-state index contributed by atoms with van der Waals surface area (Å²) in [4.78, 5) is 1.98. The van der Waals surface area contributed by atoms with Crippen LogP contribution in [-0.4, -0.2) is 35.3 Å². The van der Waals surface area contributed by atoms with Crippen LogP contribution in [0.2, 0.25) is 0 Å². The zero-order chi connectivity index (χ0) is 15.2. The minimum absolute atomic E-state index is 0.0252. The number of amidine groups is 1. The topological polar surface area (TPSA) is 82.1 Å². The van der Waals surface area contributed by atoms with Crippen LogP contribution in [0.1, 0.15) is 37.7 Å². The second-order valence-corrected chi connectivity index (χ2v) is 5.33. The number of oxime groups is 1. The summed E-state index contributed by atoms with van der Waals surface area (Å²) in [6.45, 7) is 0.377. The molecule has 1 aromatic carbocycles. The van der Waals surface area contributed by atoms with Crippen LogP contribution in [0.25, 0.3) is 0 Å². The van der Waals surface area contributed by atoms with Gasteiger partial charge in [0.25, 0.3) is 0 Å². The van der Waals surface area contributed by atoms with Crippen molar-refractivity contribution in [2.75, 3.05) is 18.1 Å². The van der Waals surface area contributed by atoms with E-state index in [-0.39, 0.29) is 24.0 Å². The molecule has 0 bridgehead atoms. The first-order valence-electron chi connectivity index (χ1n) is 7.33. The van der Waals surface area contributed by atoms with Crippen LogP contribution in [0, 0.1) is 5.82 Å². The van der Waals surface area contributed by atoms with E-state index in [0.717, 1.165) is 25.7 Å². The third kappa shape index (κ3) is 3.44. The number of aliphatic hydroxyl groups is 1.